The van der Waals surface area contributed by atoms with Crippen molar-refractivity contribution >= 4 is 18.1 Å². The molecule has 0 saturated carbocycles. The van der Waals surface area contributed by atoms with E-state index in [1.807, 2.05) is 0 Å². The number of carboxylic acids is 2. The Morgan fingerprint density at radius 3 is 2.00 bits per heavy atom. The zero-order valence-electron chi connectivity index (χ0n) is 6.26. The molecule has 0 radical (unpaired) electrons. The van der Waals surface area contributed by atoms with Crippen molar-refractivity contribution in [1.82, 2.24) is 0 Å². The van der Waals surface area contributed by atoms with Crippen molar-refractivity contribution in [2.75, 3.05) is 0 Å². The van der Waals surface area contributed by atoms with E-state index >= 15 is 0 Å². The fourth-order valence-electron chi connectivity index (χ4n) is 0.452. The van der Waals surface area contributed by atoms with Crippen LogP contribution in [0.5, 0.6) is 0 Å². The average molecular weight is 190 g/mol. The Kier molecular flexibility index (Phi) is 4.00. The lowest BCUT2D eigenvalue weighted by molar-refractivity contribution is -0.139. The molecule has 0 rings (SSSR count). The molecule has 0 fully saturated rings. The maximum Gasteiger partial charge on any atom is 0.510 e. The van der Waals surface area contributed by atoms with Gasteiger partial charge in [-0.1, -0.05) is 0 Å². The fraction of sp³-hybridized carbons (Fsp3) is 0.167. The molecule has 0 heterocycles. The molecule has 3 N–H and O–H groups in total. The summed E-state index contributed by atoms with van der Waals surface area (Å²) in [5, 5.41) is 24.5. The van der Waals surface area contributed by atoms with Gasteiger partial charge in [0.2, 0.25) is 0 Å². The molecular weight excluding hydrogens is 184 g/mol. The molecule has 72 valence electrons. The Balaban J connectivity index is 4.41. The highest BCUT2D eigenvalue weighted by Gasteiger charge is 2.12. The summed E-state index contributed by atoms with van der Waals surface area (Å²) in [5.74, 6) is -2.92. The summed E-state index contributed by atoms with van der Waals surface area (Å²) in [4.78, 5) is 30.1. The van der Waals surface area contributed by atoms with Gasteiger partial charge in [-0.25, -0.2) is 9.59 Å². The third-order valence-corrected chi connectivity index (χ3v) is 0.918. The molecule has 0 aromatic heterocycles. The van der Waals surface area contributed by atoms with Crippen LogP contribution in [0.2, 0.25) is 0 Å². The maximum atomic E-state index is 10.2. The molecule has 0 bridgehead atoms. The number of carboxylic acid groups (broad SMARTS) is 3. The molecule has 7 heteroatoms. The molecule has 0 saturated heterocycles. The molecule has 0 aliphatic heterocycles. The van der Waals surface area contributed by atoms with Crippen molar-refractivity contribution in [2.45, 2.75) is 6.42 Å². The van der Waals surface area contributed by atoms with Gasteiger partial charge in [0, 0.05) is 0 Å². The smallest absolute Gasteiger partial charge is 0.481 e. The first kappa shape index (κ1) is 11.0. The minimum Gasteiger partial charge on any atom is -0.481 e. The number of ether oxygens (including phenoxy) is 1. The van der Waals surface area contributed by atoms with Gasteiger partial charge in [0.15, 0.2) is 0 Å². The standard InChI is InChI=1S/C6H6O7/c7-4(8)1-3(5(9)10)2-13-6(11)12/h2H,1H2,(H,7,8)(H,9,10)(H,11,12). The van der Waals surface area contributed by atoms with Gasteiger partial charge in [0.1, 0.15) is 6.26 Å². The van der Waals surface area contributed by atoms with Crippen LogP contribution < -0.4 is 0 Å². The molecule has 13 heavy (non-hydrogen) atoms. The van der Waals surface area contributed by atoms with E-state index in [0.29, 0.717) is 6.26 Å². The Morgan fingerprint density at radius 1 is 1.15 bits per heavy atom. The molecule has 7 nitrogen and oxygen atoms in total. The first-order valence-electron chi connectivity index (χ1n) is 2.97. The minimum atomic E-state index is -1.70. The minimum absolute atomic E-state index is 0.374. The van der Waals surface area contributed by atoms with Crippen LogP contribution in [-0.4, -0.2) is 33.4 Å². The predicted octanol–water partition coefficient (Wildman–Crippen LogP) is 0.124. The van der Waals surface area contributed by atoms with E-state index in [1.165, 1.54) is 0 Å². The normalized spacial score (nSPS) is 10.6. The van der Waals surface area contributed by atoms with Crippen molar-refractivity contribution in [2.24, 2.45) is 0 Å². The van der Waals surface area contributed by atoms with Crippen molar-refractivity contribution < 1.29 is 34.4 Å². The summed E-state index contributed by atoms with van der Waals surface area (Å²) < 4.78 is 3.78. The second kappa shape index (κ2) is 4.75. The first-order chi connectivity index (χ1) is 5.93. The zero-order valence-corrected chi connectivity index (χ0v) is 6.26. The van der Waals surface area contributed by atoms with E-state index in [9.17, 15) is 14.4 Å². The maximum absolute atomic E-state index is 10.2. The molecule has 0 spiro atoms. The van der Waals surface area contributed by atoms with Crippen LogP contribution in [0, 0.1) is 0 Å². The monoisotopic (exact) mass is 190 g/mol. The van der Waals surface area contributed by atoms with Gasteiger partial charge in [0.05, 0.1) is 12.0 Å². The van der Waals surface area contributed by atoms with Gasteiger partial charge in [-0.3, -0.25) is 4.79 Å². The molecule has 0 aromatic rings. The summed E-state index contributed by atoms with van der Waals surface area (Å²) in [6.45, 7) is 0. The summed E-state index contributed by atoms with van der Waals surface area (Å²) in [7, 11) is 0. The Morgan fingerprint density at radius 2 is 1.69 bits per heavy atom. The Labute approximate surface area is 71.9 Å². The van der Waals surface area contributed by atoms with E-state index in [1.54, 1.807) is 0 Å². The largest absolute Gasteiger partial charge is 0.510 e. The quantitative estimate of drug-likeness (QED) is 0.327. The van der Waals surface area contributed by atoms with Crippen molar-refractivity contribution in [3.05, 3.63) is 11.8 Å². The highest BCUT2D eigenvalue weighted by molar-refractivity contribution is 5.91. The van der Waals surface area contributed by atoms with Crippen LogP contribution in [0.1, 0.15) is 6.42 Å². The fourth-order valence-corrected chi connectivity index (χ4v) is 0.452. The number of hydrogen-bond donors (Lipinski definition) is 3. The van der Waals surface area contributed by atoms with Gasteiger partial charge in [-0.05, 0) is 0 Å². The molecule has 0 aliphatic carbocycles. The molecule has 0 unspecified atom stereocenters. The summed E-state index contributed by atoms with van der Waals surface area (Å²) in [6.07, 6.45) is -2.13. The lowest BCUT2D eigenvalue weighted by Gasteiger charge is -1.96. The van der Waals surface area contributed by atoms with Crippen LogP contribution in [0.15, 0.2) is 11.8 Å². The summed E-state index contributed by atoms with van der Waals surface area (Å²) in [5.41, 5.74) is -0.644. The SMILES string of the molecule is O=C(O)CC(=COC(=O)O)C(=O)O. The number of hydrogen-bond acceptors (Lipinski definition) is 4. The van der Waals surface area contributed by atoms with Crippen LogP contribution in [0.4, 0.5) is 4.79 Å². The van der Waals surface area contributed by atoms with Gasteiger partial charge in [-0.15, -0.1) is 0 Å². The van der Waals surface area contributed by atoms with Crippen LogP contribution in [0.25, 0.3) is 0 Å². The first-order valence-corrected chi connectivity index (χ1v) is 2.97. The lowest BCUT2D eigenvalue weighted by atomic mass is 10.2. The molecular formula is C6H6O7. The van der Waals surface area contributed by atoms with Gasteiger partial charge in [0.25, 0.3) is 0 Å². The lowest BCUT2D eigenvalue weighted by Crippen LogP contribution is -2.08. The van der Waals surface area contributed by atoms with Gasteiger partial charge >= 0.3 is 18.1 Å². The van der Waals surface area contributed by atoms with Crippen molar-refractivity contribution in [1.29, 1.82) is 0 Å². The van der Waals surface area contributed by atoms with E-state index in [4.69, 9.17) is 15.3 Å². The van der Waals surface area contributed by atoms with Crippen molar-refractivity contribution in [3.63, 3.8) is 0 Å². The number of carbonyl (C=O) groups is 3. The van der Waals surface area contributed by atoms with Crippen molar-refractivity contribution in [3.8, 4) is 0 Å². The highest BCUT2D eigenvalue weighted by atomic mass is 16.7. The highest BCUT2D eigenvalue weighted by Crippen LogP contribution is 2.01. The summed E-state index contributed by atoms with van der Waals surface area (Å²) >= 11 is 0. The molecule has 0 amide bonds. The average Bonchev–Trinajstić information content (AvgIpc) is 1.96. The van der Waals surface area contributed by atoms with Gasteiger partial charge in [-0.2, -0.15) is 0 Å². The predicted molar refractivity (Wildman–Crippen MR) is 37.1 cm³/mol. The molecule has 0 aromatic carbocycles. The third kappa shape index (κ3) is 5.24. The van der Waals surface area contributed by atoms with Crippen LogP contribution >= 0.6 is 0 Å². The summed E-state index contributed by atoms with van der Waals surface area (Å²) in [6, 6.07) is 0. The second-order valence-corrected chi connectivity index (χ2v) is 1.90. The third-order valence-electron chi connectivity index (χ3n) is 0.918. The Hall–Kier alpha value is -2.05. The molecule has 0 atom stereocenters. The molecule has 0 aliphatic rings. The number of rotatable bonds is 4. The van der Waals surface area contributed by atoms with Gasteiger partial charge < -0.3 is 20.1 Å². The van der Waals surface area contributed by atoms with Crippen LogP contribution in [-0.2, 0) is 14.3 Å². The van der Waals surface area contributed by atoms with E-state index in [2.05, 4.69) is 4.74 Å². The number of aliphatic carboxylic acids is 2. The Bertz CT molecular complexity index is 264. The second-order valence-electron chi connectivity index (χ2n) is 1.90. The van der Waals surface area contributed by atoms with E-state index < -0.39 is 30.1 Å². The van der Waals surface area contributed by atoms with E-state index in [-0.39, 0.29) is 0 Å². The van der Waals surface area contributed by atoms with E-state index in [0.717, 1.165) is 0 Å². The van der Waals surface area contributed by atoms with Crippen LogP contribution in [0.3, 0.4) is 0 Å². The zero-order chi connectivity index (χ0) is 10.4. The topological polar surface area (TPSA) is 121 Å².